The summed E-state index contributed by atoms with van der Waals surface area (Å²) >= 11 is 5.74. The van der Waals surface area contributed by atoms with Crippen molar-refractivity contribution in [1.29, 1.82) is 0 Å². The van der Waals surface area contributed by atoms with Crippen LogP contribution >= 0.6 is 11.6 Å². The second-order valence-corrected chi connectivity index (χ2v) is 7.06. The number of amides is 1. The highest BCUT2D eigenvalue weighted by molar-refractivity contribution is 6.30. The molecule has 1 N–H and O–H groups in total. The predicted octanol–water partition coefficient (Wildman–Crippen LogP) is 2.43. The van der Waals surface area contributed by atoms with E-state index >= 15 is 0 Å². The molecule has 1 amide bonds. The summed E-state index contributed by atoms with van der Waals surface area (Å²) in [5.41, 5.74) is -0.0227. The fourth-order valence-corrected chi connectivity index (χ4v) is 3.17. The molecule has 0 spiro atoms. The van der Waals surface area contributed by atoms with Crippen LogP contribution in [-0.4, -0.2) is 72.7 Å². The van der Waals surface area contributed by atoms with Gasteiger partial charge in [-0.25, -0.2) is 4.79 Å². The van der Waals surface area contributed by atoms with Crippen molar-refractivity contribution >= 4 is 23.5 Å². The van der Waals surface area contributed by atoms with E-state index in [0.29, 0.717) is 24.7 Å². The van der Waals surface area contributed by atoms with Crippen LogP contribution in [0.5, 0.6) is 11.5 Å². The first kappa shape index (κ1) is 21.0. The number of para-hydroxylation sites is 1. The Morgan fingerprint density at radius 2 is 1.76 bits per heavy atom. The highest BCUT2D eigenvalue weighted by Gasteiger charge is 2.22. The van der Waals surface area contributed by atoms with Crippen molar-refractivity contribution < 1.29 is 24.2 Å². The normalized spacial score (nSPS) is 14.4. The van der Waals surface area contributed by atoms with Gasteiger partial charge in [-0.1, -0.05) is 29.8 Å². The lowest BCUT2D eigenvalue weighted by Crippen LogP contribution is -2.50. The zero-order valence-corrected chi connectivity index (χ0v) is 16.7. The summed E-state index contributed by atoms with van der Waals surface area (Å²) in [5.74, 6) is -0.452. The molecule has 2 aromatic carbocycles. The molecule has 0 atom stereocenters. The highest BCUT2D eigenvalue weighted by Crippen LogP contribution is 2.22. The van der Waals surface area contributed by atoms with Crippen molar-refractivity contribution in [3.63, 3.8) is 0 Å². The first-order valence-corrected chi connectivity index (χ1v) is 9.74. The van der Waals surface area contributed by atoms with Crippen LogP contribution in [-0.2, 0) is 9.53 Å². The Labute approximate surface area is 174 Å². The number of benzene rings is 2. The molecule has 2 aromatic rings. The van der Waals surface area contributed by atoms with E-state index in [1.165, 1.54) is 18.2 Å². The number of aromatic hydroxyl groups is 1. The number of carbonyl (C=O) groups is 2. The lowest BCUT2D eigenvalue weighted by Gasteiger charge is -2.34. The monoisotopic (exact) mass is 418 g/mol. The maximum atomic E-state index is 12.3. The van der Waals surface area contributed by atoms with Gasteiger partial charge in [-0.2, -0.15) is 0 Å². The highest BCUT2D eigenvalue weighted by atomic mass is 35.5. The molecule has 154 valence electrons. The standard InChI is InChI=1S/C21H23ClN2O5/c22-16-6-7-18(19(25)14-16)21(27)29-15-20(26)24-10-8-23(9-11-24)12-13-28-17-4-2-1-3-5-17/h1-7,14,25H,8-13,15H2. The van der Waals surface area contributed by atoms with Gasteiger partial charge < -0.3 is 19.5 Å². The average molecular weight is 419 g/mol. The third kappa shape index (κ3) is 6.10. The molecule has 0 saturated carbocycles. The molecule has 1 aliphatic heterocycles. The largest absolute Gasteiger partial charge is 0.507 e. The van der Waals surface area contributed by atoms with E-state index in [1.54, 1.807) is 4.90 Å². The Balaban J connectivity index is 1.36. The van der Waals surface area contributed by atoms with Gasteiger partial charge in [0.05, 0.1) is 0 Å². The number of hydrogen-bond acceptors (Lipinski definition) is 6. The third-order valence-corrected chi connectivity index (χ3v) is 4.89. The maximum absolute atomic E-state index is 12.3. The molecule has 0 unspecified atom stereocenters. The molecule has 8 heteroatoms. The van der Waals surface area contributed by atoms with Crippen LogP contribution in [0, 0.1) is 0 Å². The molecule has 29 heavy (non-hydrogen) atoms. The molecule has 7 nitrogen and oxygen atoms in total. The van der Waals surface area contributed by atoms with Gasteiger partial charge >= 0.3 is 5.97 Å². The molecule has 3 rings (SSSR count). The number of nitrogens with zero attached hydrogens (tertiary/aromatic N) is 2. The lowest BCUT2D eigenvalue weighted by molar-refractivity contribution is -0.136. The van der Waals surface area contributed by atoms with Crippen LogP contribution in [0.4, 0.5) is 0 Å². The van der Waals surface area contributed by atoms with Gasteiger partial charge in [-0.3, -0.25) is 9.69 Å². The van der Waals surface area contributed by atoms with Crippen molar-refractivity contribution in [3.8, 4) is 11.5 Å². The quantitative estimate of drug-likeness (QED) is 0.696. The lowest BCUT2D eigenvalue weighted by atomic mass is 10.2. The summed E-state index contributed by atoms with van der Waals surface area (Å²) in [6.45, 7) is 3.59. The summed E-state index contributed by atoms with van der Waals surface area (Å²) in [7, 11) is 0. The van der Waals surface area contributed by atoms with Gasteiger partial charge in [0.15, 0.2) is 6.61 Å². The minimum atomic E-state index is -0.760. The van der Waals surface area contributed by atoms with E-state index in [9.17, 15) is 14.7 Å². The zero-order valence-electron chi connectivity index (χ0n) is 15.9. The predicted molar refractivity (Wildman–Crippen MR) is 108 cm³/mol. The molecular formula is C21H23ClN2O5. The summed E-state index contributed by atoms with van der Waals surface area (Å²) in [4.78, 5) is 28.2. The zero-order chi connectivity index (χ0) is 20.6. The van der Waals surface area contributed by atoms with Gasteiger partial charge in [0.25, 0.3) is 5.91 Å². The first-order chi connectivity index (χ1) is 14.0. The van der Waals surface area contributed by atoms with E-state index < -0.39 is 5.97 Å². The smallest absolute Gasteiger partial charge is 0.342 e. The van der Waals surface area contributed by atoms with Crippen LogP contribution in [0.2, 0.25) is 5.02 Å². The Morgan fingerprint density at radius 3 is 2.45 bits per heavy atom. The van der Waals surface area contributed by atoms with Crippen molar-refractivity contribution in [1.82, 2.24) is 9.80 Å². The fraction of sp³-hybridized carbons (Fsp3) is 0.333. The number of ether oxygens (including phenoxy) is 2. The summed E-state index contributed by atoms with van der Waals surface area (Å²) in [5, 5.41) is 10.1. The van der Waals surface area contributed by atoms with Crippen LogP contribution in [0.25, 0.3) is 0 Å². The van der Waals surface area contributed by atoms with Crippen LogP contribution in [0.1, 0.15) is 10.4 Å². The van der Waals surface area contributed by atoms with Gasteiger partial charge in [0.1, 0.15) is 23.7 Å². The minimum Gasteiger partial charge on any atom is -0.507 e. The number of piperazine rings is 1. The van der Waals surface area contributed by atoms with Crippen molar-refractivity contribution in [2.75, 3.05) is 45.9 Å². The van der Waals surface area contributed by atoms with Crippen LogP contribution in [0.3, 0.4) is 0 Å². The first-order valence-electron chi connectivity index (χ1n) is 9.36. The Bertz CT molecular complexity index is 838. The topological polar surface area (TPSA) is 79.3 Å². The van der Waals surface area contributed by atoms with Crippen LogP contribution < -0.4 is 4.74 Å². The van der Waals surface area contributed by atoms with E-state index in [4.69, 9.17) is 21.1 Å². The number of halogens is 1. The van der Waals surface area contributed by atoms with Gasteiger partial charge in [-0.15, -0.1) is 0 Å². The molecule has 1 heterocycles. The SMILES string of the molecule is O=C(OCC(=O)N1CCN(CCOc2ccccc2)CC1)c1ccc(Cl)cc1O. The van der Waals surface area contributed by atoms with Crippen molar-refractivity contribution in [2.45, 2.75) is 0 Å². The maximum Gasteiger partial charge on any atom is 0.342 e. The second-order valence-electron chi connectivity index (χ2n) is 6.62. The molecular weight excluding hydrogens is 396 g/mol. The van der Waals surface area contributed by atoms with Gasteiger partial charge in [-0.05, 0) is 30.3 Å². The molecule has 1 fully saturated rings. The minimum absolute atomic E-state index is 0.0227. The van der Waals surface area contributed by atoms with Gasteiger partial charge in [0, 0.05) is 37.7 Å². The number of carbonyl (C=O) groups excluding carboxylic acids is 2. The number of phenols is 1. The Hall–Kier alpha value is -2.77. The Kier molecular flexibility index (Phi) is 7.32. The third-order valence-electron chi connectivity index (χ3n) is 4.65. The molecule has 0 aromatic heterocycles. The van der Waals surface area contributed by atoms with E-state index in [0.717, 1.165) is 25.4 Å². The number of hydrogen-bond donors (Lipinski definition) is 1. The molecule has 1 saturated heterocycles. The summed E-state index contributed by atoms with van der Waals surface area (Å²) in [6, 6.07) is 13.7. The van der Waals surface area contributed by atoms with E-state index in [2.05, 4.69) is 4.90 Å². The number of rotatable bonds is 7. The Morgan fingerprint density at radius 1 is 1.03 bits per heavy atom. The summed E-state index contributed by atoms with van der Waals surface area (Å²) in [6.07, 6.45) is 0. The second kappa shape index (κ2) is 10.1. The number of phenolic OH excluding ortho intramolecular Hbond substituents is 1. The van der Waals surface area contributed by atoms with E-state index in [-0.39, 0.29) is 23.8 Å². The fourth-order valence-electron chi connectivity index (χ4n) is 3.00. The molecule has 1 aliphatic rings. The molecule has 0 bridgehead atoms. The molecule has 0 radical (unpaired) electrons. The van der Waals surface area contributed by atoms with Crippen LogP contribution in [0.15, 0.2) is 48.5 Å². The van der Waals surface area contributed by atoms with Crippen molar-refractivity contribution in [3.05, 3.63) is 59.1 Å². The summed E-state index contributed by atoms with van der Waals surface area (Å²) < 4.78 is 10.7. The molecule has 0 aliphatic carbocycles. The van der Waals surface area contributed by atoms with Gasteiger partial charge in [0.2, 0.25) is 0 Å². The average Bonchev–Trinajstić information content (AvgIpc) is 2.73. The van der Waals surface area contributed by atoms with E-state index in [1.807, 2.05) is 30.3 Å². The van der Waals surface area contributed by atoms with Crippen molar-refractivity contribution in [2.24, 2.45) is 0 Å². The number of esters is 1.